The number of hydrogen-bond donors (Lipinski definition) is 2. The number of nitrogen functional groups attached to an aromatic ring is 1. The van der Waals surface area contributed by atoms with Gasteiger partial charge in [0.2, 0.25) is 0 Å². The summed E-state index contributed by atoms with van der Waals surface area (Å²) < 4.78 is 0. The molecule has 5 heteroatoms. The molecule has 0 spiro atoms. The zero-order chi connectivity index (χ0) is 9.97. The molecule has 2 aromatic rings. The molecular formula is C9H12N4S. The van der Waals surface area contributed by atoms with Crippen LogP contribution in [0, 0.1) is 0 Å². The molecule has 0 aliphatic carbocycles. The largest absolute Gasteiger partial charge is 0.390 e. The summed E-state index contributed by atoms with van der Waals surface area (Å²) in [6.45, 7) is 2.11. The number of H-pyrrole nitrogens is 1. The van der Waals surface area contributed by atoms with Crippen LogP contribution < -0.4 is 5.73 Å². The molecular weight excluding hydrogens is 196 g/mol. The smallest absolute Gasteiger partial charge is 0.184 e. The van der Waals surface area contributed by atoms with E-state index in [0.717, 1.165) is 29.2 Å². The van der Waals surface area contributed by atoms with Crippen molar-refractivity contribution in [1.82, 2.24) is 15.2 Å². The summed E-state index contributed by atoms with van der Waals surface area (Å²) in [7, 11) is 0. The molecule has 0 amide bonds. The van der Waals surface area contributed by atoms with Gasteiger partial charge in [-0.25, -0.2) is 4.98 Å². The van der Waals surface area contributed by atoms with Crippen molar-refractivity contribution < 1.29 is 0 Å². The molecule has 0 aliphatic heterocycles. The molecule has 2 aromatic heterocycles. The third kappa shape index (κ3) is 1.63. The number of nitrogens with zero attached hydrogens (tertiary/aromatic N) is 2. The summed E-state index contributed by atoms with van der Waals surface area (Å²) >= 11 is 1.51. The quantitative estimate of drug-likeness (QED) is 0.811. The molecule has 0 bridgehead atoms. The fourth-order valence-electron chi connectivity index (χ4n) is 1.27. The fourth-order valence-corrected chi connectivity index (χ4v) is 1.91. The minimum absolute atomic E-state index is 0.701. The lowest BCUT2D eigenvalue weighted by Gasteiger charge is -1.90. The van der Waals surface area contributed by atoms with Crippen molar-refractivity contribution >= 4 is 16.3 Å². The van der Waals surface area contributed by atoms with Gasteiger partial charge in [-0.3, -0.25) is 5.10 Å². The molecule has 0 fully saturated rings. The maximum atomic E-state index is 5.78. The Labute approximate surface area is 86.2 Å². The predicted molar refractivity (Wildman–Crippen MR) is 58.1 cm³/mol. The van der Waals surface area contributed by atoms with Gasteiger partial charge in [-0.05, 0) is 17.9 Å². The van der Waals surface area contributed by atoms with E-state index in [1.807, 2.05) is 11.4 Å². The minimum Gasteiger partial charge on any atom is -0.390 e. The summed E-state index contributed by atoms with van der Waals surface area (Å²) in [5.41, 5.74) is 6.71. The molecule has 74 valence electrons. The van der Waals surface area contributed by atoms with E-state index in [0.29, 0.717) is 5.82 Å². The fraction of sp³-hybridized carbons (Fsp3) is 0.333. The minimum atomic E-state index is 0.701. The van der Waals surface area contributed by atoms with Crippen molar-refractivity contribution in [2.75, 3.05) is 5.73 Å². The van der Waals surface area contributed by atoms with E-state index in [1.165, 1.54) is 11.3 Å². The van der Waals surface area contributed by atoms with Gasteiger partial charge in [0, 0.05) is 6.42 Å². The number of anilines is 1. The van der Waals surface area contributed by atoms with Gasteiger partial charge in [0.25, 0.3) is 0 Å². The summed E-state index contributed by atoms with van der Waals surface area (Å²) in [6, 6.07) is 1.94. The standard InChI is InChI=1S/C9H12N4S/c1-2-3-7-11-9(13-12-7)6-4-5-14-8(6)10/h4-5H,2-3,10H2,1H3,(H,11,12,13). The molecule has 2 heterocycles. The highest BCUT2D eigenvalue weighted by molar-refractivity contribution is 7.14. The van der Waals surface area contributed by atoms with Crippen molar-refractivity contribution in [2.24, 2.45) is 0 Å². The van der Waals surface area contributed by atoms with Crippen LogP contribution in [0.25, 0.3) is 11.4 Å². The van der Waals surface area contributed by atoms with Crippen LogP contribution in [0.2, 0.25) is 0 Å². The van der Waals surface area contributed by atoms with Gasteiger partial charge in [0.1, 0.15) is 5.82 Å². The topological polar surface area (TPSA) is 67.6 Å². The van der Waals surface area contributed by atoms with Crippen LogP contribution in [0.4, 0.5) is 5.00 Å². The molecule has 0 unspecified atom stereocenters. The Hall–Kier alpha value is -1.36. The van der Waals surface area contributed by atoms with Crippen molar-refractivity contribution in [2.45, 2.75) is 19.8 Å². The lowest BCUT2D eigenvalue weighted by atomic mass is 10.3. The number of thiophene rings is 1. The monoisotopic (exact) mass is 208 g/mol. The second kappa shape index (κ2) is 3.79. The van der Waals surface area contributed by atoms with Crippen LogP contribution >= 0.6 is 11.3 Å². The summed E-state index contributed by atoms with van der Waals surface area (Å²) in [6.07, 6.45) is 1.99. The Kier molecular flexibility index (Phi) is 2.49. The lowest BCUT2D eigenvalue weighted by Crippen LogP contribution is -1.86. The molecule has 0 aromatic carbocycles. The van der Waals surface area contributed by atoms with Gasteiger partial charge in [0.15, 0.2) is 5.82 Å². The zero-order valence-electron chi connectivity index (χ0n) is 7.95. The average Bonchev–Trinajstić information content (AvgIpc) is 2.74. The van der Waals surface area contributed by atoms with Crippen LogP contribution in [-0.4, -0.2) is 15.2 Å². The highest BCUT2D eigenvalue weighted by Crippen LogP contribution is 2.27. The van der Waals surface area contributed by atoms with Crippen molar-refractivity contribution in [3.63, 3.8) is 0 Å². The Morgan fingerprint density at radius 1 is 1.57 bits per heavy atom. The van der Waals surface area contributed by atoms with Crippen LogP contribution in [0.5, 0.6) is 0 Å². The van der Waals surface area contributed by atoms with Crippen LogP contribution in [-0.2, 0) is 6.42 Å². The maximum Gasteiger partial charge on any atom is 0.184 e. The number of rotatable bonds is 3. The first-order valence-electron chi connectivity index (χ1n) is 4.56. The van der Waals surface area contributed by atoms with E-state index in [9.17, 15) is 0 Å². The van der Waals surface area contributed by atoms with E-state index in [2.05, 4.69) is 22.1 Å². The number of hydrogen-bond acceptors (Lipinski definition) is 4. The molecule has 0 saturated carbocycles. The highest BCUT2D eigenvalue weighted by atomic mass is 32.1. The summed E-state index contributed by atoms with van der Waals surface area (Å²) in [5.74, 6) is 1.63. The maximum absolute atomic E-state index is 5.78. The molecule has 3 N–H and O–H groups in total. The number of aryl methyl sites for hydroxylation is 1. The van der Waals surface area contributed by atoms with E-state index in [4.69, 9.17) is 5.73 Å². The van der Waals surface area contributed by atoms with Gasteiger partial charge in [0.05, 0.1) is 10.6 Å². The van der Waals surface area contributed by atoms with Crippen LogP contribution in [0.15, 0.2) is 11.4 Å². The molecule has 0 aliphatic rings. The van der Waals surface area contributed by atoms with Crippen molar-refractivity contribution in [3.8, 4) is 11.4 Å². The average molecular weight is 208 g/mol. The second-order valence-corrected chi connectivity index (χ2v) is 4.00. The van der Waals surface area contributed by atoms with Gasteiger partial charge < -0.3 is 5.73 Å². The van der Waals surface area contributed by atoms with Crippen LogP contribution in [0.3, 0.4) is 0 Å². The Morgan fingerprint density at radius 3 is 3.07 bits per heavy atom. The molecule has 0 saturated heterocycles. The molecule has 0 radical (unpaired) electrons. The van der Waals surface area contributed by atoms with Gasteiger partial charge in [-0.15, -0.1) is 11.3 Å². The molecule has 4 nitrogen and oxygen atoms in total. The predicted octanol–water partition coefficient (Wildman–Crippen LogP) is 2.07. The molecule has 2 rings (SSSR count). The van der Waals surface area contributed by atoms with Crippen molar-refractivity contribution in [1.29, 1.82) is 0 Å². The summed E-state index contributed by atoms with van der Waals surface area (Å²) in [4.78, 5) is 4.36. The third-order valence-corrected chi connectivity index (χ3v) is 2.70. The first-order valence-corrected chi connectivity index (χ1v) is 5.44. The molecule has 14 heavy (non-hydrogen) atoms. The van der Waals surface area contributed by atoms with Crippen LogP contribution in [0.1, 0.15) is 19.2 Å². The number of nitrogens with two attached hydrogens (primary N) is 1. The van der Waals surface area contributed by atoms with Gasteiger partial charge in [-0.2, -0.15) is 5.10 Å². The van der Waals surface area contributed by atoms with Gasteiger partial charge in [-0.1, -0.05) is 6.92 Å². The van der Waals surface area contributed by atoms with E-state index < -0.39 is 0 Å². The Bertz CT molecular complexity index is 418. The Balaban J connectivity index is 2.29. The normalized spacial score (nSPS) is 10.6. The number of nitrogens with one attached hydrogen (secondary N) is 1. The lowest BCUT2D eigenvalue weighted by molar-refractivity contribution is 0.841. The van der Waals surface area contributed by atoms with Crippen molar-refractivity contribution in [3.05, 3.63) is 17.3 Å². The van der Waals surface area contributed by atoms with E-state index in [-0.39, 0.29) is 0 Å². The van der Waals surface area contributed by atoms with E-state index in [1.54, 1.807) is 0 Å². The zero-order valence-corrected chi connectivity index (χ0v) is 8.77. The highest BCUT2D eigenvalue weighted by Gasteiger charge is 2.09. The number of aromatic amines is 1. The molecule has 0 atom stereocenters. The second-order valence-electron chi connectivity index (χ2n) is 3.05. The number of aromatic nitrogens is 3. The van der Waals surface area contributed by atoms with E-state index >= 15 is 0 Å². The first kappa shape index (κ1) is 9.21. The Morgan fingerprint density at radius 2 is 2.43 bits per heavy atom. The first-order chi connectivity index (χ1) is 6.81. The third-order valence-electron chi connectivity index (χ3n) is 1.95. The SMILES string of the molecule is CCCc1nc(-c2ccsc2N)n[nH]1. The summed E-state index contributed by atoms with van der Waals surface area (Å²) in [5, 5.41) is 9.75. The van der Waals surface area contributed by atoms with Gasteiger partial charge >= 0.3 is 0 Å².